The van der Waals surface area contributed by atoms with Crippen LogP contribution >= 0.6 is 0 Å². The largest absolute Gasteiger partial charge is 0.481 e. The minimum atomic E-state index is 0.0982. The fourth-order valence-electron chi connectivity index (χ4n) is 1.89. The van der Waals surface area contributed by atoms with E-state index in [1.54, 1.807) is 7.11 Å². The summed E-state index contributed by atoms with van der Waals surface area (Å²) >= 11 is 0. The number of nitrogens with zero attached hydrogens (tertiary/aromatic N) is 1. The molecule has 0 amide bonds. The van der Waals surface area contributed by atoms with Crippen LogP contribution < -0.4 is 10.1 Å². The Hall–Kier alpha value is -1.61. The molecule has 2 aromatic rings. The van der Waals surface area contributed by atoms with Crippen molar-refractivity contribution in [2.24, 2.45) is 0 Å². The van der Waals surface area contributed by atoms with E-state index in [1.807, 2.05) is 24.4 Å². The van der Waals surface area contributed by atoms with Gasteiger partial charge in [-0.1, -0.05) is 18.2 Å². The van der Waals surface area contributed by atoms with Crippen molar-refractivity contribution in [2.75, 3.05) is 7.11 Å². The van der Waals surface area contributed by atoms with Crippen molar-refractivity contribution in [1.29, 1.82) is 0 Å². The summed E-state index contributed by atoms with van der Waals surface area (Å²) in [5.41, 5.74) is 1.29. The van der Waals surface area contributed by atoms with Crippen LogP contribution in [0.3, 0.4) is 0 Å². The van der Waals surface area contributed by atoms with Gasteiger partial charge in [-0.25, -0.2) is 4.98 Å². The summed E-state index contributed by atoms with van der Waals surface area (Å²) < 4.78 is 5.30. The fourth-order valence-corrected chi connectivity index (χ4v) is 1.89. The average Bonchev–Trinajstić information content (AvgIpc) is 2.35. The van der Waals surface area contributed by atoms with E-state index in [1.165, 1.54) is 10.9 Å². The van der Waals surface area contributed by atoms with Gasteiger partial charge in [-0.3, -0.25) is 0 Å². The Morgan fingerprint density at radius 2 is 1.83 bits per heavy atom. The Labute approximate surface area is 108 Å². The first-order valence-electron chi connectivity index (χ1n) is 6.17. The van der Waals surface area contributed by atoms with E-state index < -0.39 is 0 Å². The summed E-state index contributed by atoms with van der Waals surface area (Å²) in [5, 5.41) is 5.75. The van der Waals surface area contributed by atoms with Crippen LogP contribution in [0.5, 0.6) is 5.88 Å². The minimum Gasteiger partial charge on any atom is -0.481 e. The van der Waals surface area contributed by atoms with Crippen LogP contribution in [0, 0.1) is 0 Å². The van der Waals surface area contributed by atoms with Gasteiger partial charge in [0, 0.05) is 23.7 Å². The summed E-state index contributed by atoms with van der Waals surface area (Å²) in [4.78, 5) is 4.36. The molecule has 0 unspecified atom stereocenters. The van der Waals surface area contributed by atoms with Gasteiger partial charge in [-0.15, -0.1) is 0 Å². The number of benzene rings is 1. The molecule has 3 nitrogen and oxygen atoms in total. The van der Waals surface area contributed by atoms with Gasteiger partial charge in [0.15, 0.2) is 0 Å². The number of hydrogen-bond donors (Lipinski definition) is 1. The van der Waals surface area contributed by atoms with Crippen molar-refractivity contribution in [3.05, 3.63) is 36.0 Å². The lowest BCUT2D eigenvalue weighted by molar-refractivity contribution is 0.402. The molecule has 0 spiro atoms. The Morgan fingerprint density at radius 1 is 1.17 bits per heavy atom. The van der Waals surface area contributed by atoms with E-state index >= 15 is 0 Å². The molecule has 0 fully saturated rings. The van der Waals surface area contributed by atoms with Gasteiger partial charge < -0.3 is 10.1 Å². The Kier molecular flexibility index (Phi) is 3.53. The normalized spacial score (nSPS) is 11.8. The molecule has 0 saturated carbocycles. The summed E-state index contributed by atoms with van der Waals surface area (Å²) in [5.74, 6) is 0.685. The molecule has 96 valence electrons. The molecule has 1 N–H and O–H groups in total. The standard InChI is InChI=1S/C15H20N2O/c1-15(2,3)17-10-11-9-16-14(18-4)13-8-6-5-7-12(11)13/h5-9,17H,10H2,1-4H3. The van der Waals surface area contributed by atoms with Gasteiger partial charge in [0.2, 0.25) is 5.88 Å². The van der Waals surface area contributed by atoms with E-state index in [0.29, 0.717) is 5.88 Å². The number of rotatable bonds is 3. The maximum atomic E-state index is 5.30. The van der Waals surface area contributed by atoms with Gasteiger partial charge in [0.25, 0.3) is 0 Å². The lowest BCUT2D eigenvalue weighted by Crippen LogP contribution is -2.35. The quantitative estimate of drug-likeness (QED) is 0.900. The van der Waals surface area contributed by atoms with Gasteiger partial charge in [0.1, 0.15) is 0 Å². The fraction of sp³-hybridized carbons (Fsp3) is 0.400. The molecule has 0 saturated heterocycles. The molecule has 2 rings (SSSR count). The number of nitrogens with one attached hydrogen (secondary N) is 1. The molecule has 3 heteroatoms. The molecule has 18 heavy (non-hydrogen) atoms. The van der Waals surface area contributed by atoms with Crippen LogP contribution in [-0.2, 0) is 6.54 Å². The van der Waals surface area contributed by atoms with E-state index in [0.717, 1.165) is 11.9 Å². The van der Waals surface area contributed by atoms with Crippen LogP contribution in [0.25, 0.3) is 10.8 Å². The molecular formula is C15H20N2O. The van der Waals surface area contributed by atoms with Gasteiger partial charge in [-0.2, -0.15) is 0 Å². The van der Waals surface area contributed by atoms with E-state index in [2.05, 4.69) is 37.1 Å². The Bertz CT molecular complexity index is 544. The molecule has 0 atom stereocenters. The van der Waals surface area contributed by atoms with Crippen molar-refractivity contribution in [1.82, 2.24) is 10.3 Å². The molecule has 0 aliphatic rings. The predicted octanol–water partition coefficient (Wildman–Crippen LogP) is 3.13. The van der Waals surface area contributed by atoms with Crippen molar-refractivity contribution < 1.29 is 4.74 Å². The highest BCUT2D eigenvalue weighted by atomic mass is 16.5. The third-order valence-electron chi connectivity index (χ3n) is 2.84. The Balaban J connectivity index is 2.40. The molecular weight excluding hydrogens is 224 g/mol. The van der Waals surface area contributed by atoms with E-state index in [4.69, 9.17) is 4.74 Å². The molecule has 0 radical (unpaired) electrons. The second kappa shape index (κ2) is 4.94. The SMILES string of the molecule is COc1ncc(CNC(C)(C)C)c2ccccc12. The zero-order valence-corrected chi connectivity index (χ0v) is 11.4. The van der Waals surface area contributed by atoms with E-state index in [9.17, 15) is 0 Å². The Morgan fingerprint density at radius 3 is 2.44 bits per heavy atom. The topological polar surface area (TPSA) is 34.1 Å². The maximum absolute atomic E-state index is 5.30. The van der Waals surface area contributed by atoms with Gasteiger partial charge in [-0.05, 0) is 37.8 Å². The lowest BCUT2D eigenvalue weighted by Gasteiger charge is -2.21. The van der Waals surface area contributed by atoms with Crippen LogP contribution in [0.15, 0.2) is 30.5 Å². The summed E-state index contributed by atoms with van der Waals surface area (Å²) in [6.07, 6.45) is 1.89. The summed E-state index contributed by atoms with van der Waals surface area (Å²) in [7, 11) is 1.65. The third kappa shape index (κ3) is 2.79. The number of methoxy groups -OCH3 is 1. The number of fused-ring (bicyclic) bond motifs is 1. The number of aromatic nitrogens is 1. The number of ether oxygens (including phenoxy) is 1. The van der Waals surface area contributed by atoms with Crippen molar-refractivity contribution in [2.45, 2.75) is 32.9 Å². The highest BCUT2D eigenvalue weighted by molar-refractivity contribution is 5.89. The van der Waals surface area contributed by atoms with Crippen LogP contribution in [0.2, 0.25) is 0 Å². The first kappa shape index (κ1) is 12.8. The lowest BCUT2D eigenvalue weighted by atomic mass is 10.1. The second-order valence-corrected chi connectivity index (χ2v) is 5.44. The summed E-state index contributed by atoms with van der Waals surface area (Å²) in [6.45, 7) is 7.28. The van der Waals surface area contributed by atoms with Crippen LogP contribution in [0.4, 0.5) is 0 Å². The first-order chi connectivity index (χ1) is 8.51. The molecule has 1 aromatic carbocycles. The van der Waals surface area contributed by atoms with Crippen molar-refractivity contribution >= 4 is 10.8 Å². The first-order valence-corrected chi connectivity index (χ1v) is 6.17. The van der Waals surface area contributed by atoms with Gasteiger partial charge in [0.05, 0.1) is 7.11 Å². The predicted molar refractivity (Wildman–Crippen MR) is 74.9 cm³/mol. The zero-order chi connectivity index (χ0) is 13.2. The number of pyridine rings is 1. The molecule has 1 heterocycles. The molecule has 0 aliphatic carbocycles. The molecule has 1 aromatic heterocycles. The number of hydrogen-bond acceptors (Lipinski definition) is 3. The highest BCUT2D eigenvalue weighted by Crippen LogP contribution is 2.25. The van der Waals surface area contributed by atoms with Crippen molar-refractivity contribution in [3.8, 4) is 5.88 Å². The minimum absolute atomic E-state index is 0.0982. The van der Waals surface area contributed by atoms with Crippen molar-refractivity contribution in [3.63, 3.8) is 0 Å². The van der Waals surface area contributed by atoms with Crippen LogP contribution in [-0.4, -0.2) is 17.6 Å². The molecule has 0 aliphatic heterocycles. The smallest absolute Gasteiger partial charge is 0.221 e. The monoisotopic (exact) mass is 244 g/mol. The van der Waals surface area contributed by atoms with Gasteiger partial charge >= 0.3 is 0 Å². The summed E-state index contributed by atoms with van der Waals surface area (Å²) in [6, 6.07) is 8.21. The average molecular weight is 244 g/mol. The molecule has 0 bridgehead atoms. The third-order valence-corrected chi connectivity index (χ3v) is 2.84. The zero-order valence-electron chi connectivity index (χ0n) is 11.4. The van der Waals surface area contributed by atoms with E-state index in [-0.39, 0.29) is 5.54 Å². The highest BCUT2D eigenvalue weighted by Gasteiger charge is 2.11. The second-order valence-electron chi connectivity index (χ2n) is 5.44. The maximum Gasteiger partial charge on any atom is 0.221 e. The van der Waals surface area contributed by atoms with Crippen LogP contribution in [0.1, 0.15) is 26.3 Å².